The molecule has 0 saturated heterocycles. The van der Waals surface area contributed by atoms with Gasteiger partial charge in [0.15, 0.2) is 5.01 Å². The van der Waals surface area contributed by atoms with Crippen molar-refractivity contribution < 1.29 is 4.39 Å². The van der Waals surface area contributed by atoms with E-state index in [4.69, 9.17) is 0 Å². The van der Waals surface area contributed by atoms with Crippen molar-refractivity contribution >= 4 is 11.3 Å². The van der Waals surface area contributed by atoms with Crippen LogP contribution in [0.5, 0.6) is 0 Å². The van der Waals surface area contributed by atoms with Crippen LogP contribution in [0, 0.1) is 12.7 Å². The lowest BCUT2D eigenvalue weighted by Crippen LogP contribution is -2.15. The largest absolute Gasteiger partial charge is 0.317 e. The molecule has 2 aromatic rings. The molecular weight excluding hydrogens is 249 g/mol. The topological polar surface area (TPSA) is 37.8 Å². The van der Waals surface area contributed by atoms with Gasteiger partial charge in [0.2, 0.25) is 0 Å². The molecule has 0 aliphatic heterocycles. The van der Waals surface area contributed by atoms with Crippen LogP contribution in [0.3, 0.4) is 0 Å². The zero-order valence-corrected chi connectivity index (χ0v) is 11.4. The maximum Gasteiger partial charge on any atom is 0.150 e. The Balaban J connectivity index is 2.16. The molecule has 0 aliphatic rings. The summed E-state index contributed by atoms with van der Waals surface area (Å²) in [5.74, 6) is -0.241. The van der Waals surface area contributed by atoms with Gasteiger partial charge < -0.3 is 5.32 Å². The first-order valence-electron chi connectivity index (χ1n) is 6.00. The van der Waals surface area contributed by atoms with Gasteiger partial charge in [0, 0.05) is 18.5 Å². The number of likely N-dealkylation sites (N-methyl/N-ethyl adjacent to an activating group) is 1. The standard InChI is InChI=1S/C13H16FN3S/c1-3-15-7-6-12-16-17-13(18-12)10-8-9(2)4-5-11(10)14/h4-5,8,15H,3,6-7H2,1-2H3. The lowest BCUT2D eigenvalue weighted by atomic mass is 10.1. The smallest absolute Gasteiger partial charge is 0.150 e. The van der Waals surface area contributed by atoms with Crippen molar-refractivity contribution in [2.24, 2.45) is 0 Å². The van der Waals surface area contributed by atoms with E-state index < -0.39 is 0 Å². The molecule has 1 heterocycles. The van der Waals surface area contributed by atoms with Crippen LogP contribution in [0.4, 0.5) is 4.39 Å². The fourth-order valence-electron chi connectivity index (χ4n) is 1.64. The molecule has 0 atom stereocenters. The number of halogens is 1. The summed E-state index contributed by atoms with van der Waals surface area (Å²) in [6, 6.07) is 5.04. The molecule has 0 spiro atoms. The zero-order valence-electron chi connectivity index (χ0n) is 10.5. The normalized spacial score (nSPS) is 10.8. The predicted octanol–water partition coefficient (Wildman–Crippen LogP) is 2.80. The van der Waals surface area contributed by atoms with Crippen molar-refractivity contribution in [3.05, 3.63) is 34.6 Å². The van der Waals surface area contributed by atoms with Crippen LogP contribution in [-0.4, -0.2) is 23.3 Å². The molecule has 18 heavy (non-hydrogen) atoms. The third-order valence-corrected chi connectivity index (χ3v) is 3.60. The number of nitrogens with one attached hydrogen (secondary N) is 1. The Hall–Kier alpha value is -1.33. The van der Waals surface area contributed by atoms with E-state index in [1.165, 1.54) is 17.4 Å². The second-order valence-corrected chi connectivity index (χ2v) is 5.15. The molecule has 1 aromatic heterocycles. The van der Waals surface area contributed by atoms with Gasteiger partial charge in [-0.05, 0) is 25.6 Å². The van der Waals surface area contributed by atoms with Gasteiger partial charge in [0.05, 0.1) is 0 Å². The second kappa shape index (κ2) is 6.02. The summed E-state index contributed by atoms with van der Waals surface area (Å²) in [6.07, 6.45) is 0.832. The summed E-state index contributed by atoms with van der Waals surface area (Å²) < 4.78 is 13.7. The number of aryl methyl sites for hydroxylation is 1. The first-order valence-corrected chi connectivity index (χ1v) is 6.82. The fourth-order valence-corrected chi connectivity index (χ4v) is 2.50. The van der Waals surface area contributed by atoms with Crippen molar-refractivity contribution in [1.82, 2.24) is 15.5 Å². The molecule has 1 N–H and O–H groups in total. The van der Waals surface area contributed by atoms with E-state index in [2.05, 4.69) is 22.4 Å². The quantitative estimate of drug-likeness (QED) is 0.845. The van der Waals surface area contributed by atoms with Crippen molar-refractivity contribution in [3.8, 4) is 10.6 Å². The second-order valence-electron chi connectivity index (χ2n) is 4.09. The lowest BCUT2D eigenvalue weighted by Gasteiger charge is -1.99. The van der Waals surface area contributed by atoms with E-state index >= 15 is 0 Å². The van der Waals surface area contributed by atoms with Crippen LogP contribution >= 0.6 is 11.3 Å². The maximum atomic E-state index is 13.7. The highest BCUT2D eigenvalue weighted by Gasteiger charge is 2.11. The van der Waals surface area contributed by atoms with Gasteiger partial charge in [0.25, 0.3) is 0 Å². The summed E-state index contributed by atoms with van der Waals surface area (Å²) in [7, 11) is 0. The molecule has 0 saturated carbocycles. The Labute approximate surface area is 110 Å². The molecule has 0 amide bonds. The summed E-state index contributed by atoms with van der Waals surface area (Å²) in [4.78, 5) is 0. The molecule has 3 nitrogen and oxygen atoms in total. The molecule has 0 radical (unpaired) electrons. The minimum atomic E-state index is -0.241. The Kier molecular flexibility index (Phi) is 4.38. The average molecular weight is 265 g/mol. The third-order valence-electron chi connectivity index (χ3n) is 2.58. The van der Waals surface area contributed by atoms with Crippen LogP contribution in [0.15, 0.2) is 18.2 Å². The highest BCUT2D eigenvalue weighted by Crippen LogP contribution is 2.27. The monoisotopic (exact) mass is 265 g/mol. The predicted molar refractivity (Wildman–Crippen MR) is 72.3 cm³/mol. The van der Waals surface area contributed by atoms with E-state index in [9.17, 15) is 4.39 Å². The van der Waals surface area contributed by atoms with E-state index in [1.54, 1.807) is 6.07 Å². The van der Waals surface area contributed by atoms with Crippen LogP contribution < -0.4 is 5.32 Å². The Bertz CT molecular complexity index is 525. The van der Waals surface area contributed by atoms with Gasteiger partial charge in [-0.15, -0.1) is 10.2 Å². The van der Waals surface area contributed by atoms with Crippen molar-refractivity contribution in [1.29, 1.82) is 0 Å². The number of nitrogens with zero attached hydrogens (tertiary/aromatic N) is 2. The van der Waals surface area contributed by atoms with Gasteiger partial charge in [-0.3, -0.25) is 0 Å². The molecule has 5 heteroatoms. The summed E-state index contributed by atoms with van der Waals surface area (Å²) in [6.45, 7) is 5.82. The van der Waals surface area contributed by atoms with E-state index in [0.29, 0.717) is 10.6 Å². The van der Waals surface area contributed by atoms with Crippen LogP contribution in [0.25, 0.3) is 10.6 Å². The molecule has 0 unspecified atom stereocenters. The highest BCUT2D eigenvalue weighted by atomic mass is 32.1. The number of aromatic nitrogens is 2. The van der Waals surface area contributed by atoms with Crippen LogP contribution in [0.2, 0.25) is 0 Å². The first-order chi connectivity index (χ1) is 8.70. The van der Waals surface area contributed by atoms with E-state index in [1.807, 2.05) is 13.0 Å². The van der Waals surface area contributed by atoms with Gasteiger partial charge in [-0.25, -0.2) is 4.39 Å². The Morgan fingerprint density at radius 1 is 1.33 bits per heavy atom. The van der Waals surface area contributed by atoms with Gasteiger partial charge >= 0.3 is 0 Å². The molecule has 96 valence electrons. The Morgan fingerprint density at radius 3 is 2.94 bits per heavy atom. The minimum absolute atomic E-state index is 0.241. The summed E-state index contributed by atoms with van der Waals surface area (Å²) >= 11 is 1.46. The lowest BCUT2D eigenvalue weighted by molar-refractivity contribution is 0.630. The number of benzene rings is 1. The average Bonchev–Trinajstić information content (AvgIpc) is 2.81. The molecule has 0 fully saturated rings. The molecule has 2 rings (SSSR count). The van der Waals surface area contributed by atoms with Crippen molar-refractivity contribution in [2.75, 3.05) is 13.1 Å². The SMILES string of the molecule is CCNCCc1nnc(-c2cc(C)ccc2F)s1. The minimum Gasteiger partial charge on any atom is -0.317 e. The first kappa shape index (κ1) is 13.1. The van der Waals surface area contributed by atoms with Crippen LogP contribution in [-0.2, 0) is 6.42 Å². The fraction of sp³-hybridized carbons (Fsp3) is 0.385. The number of hydrogen-bond donors (Lipinski definition) is 1. The number of rotatable bonds is 5. The van der Waals surface area contributed by atoms with Gasteiger partial charge in [-0.1, -0.05) is 29.9 Å². The number of hydrogen-bond acceptors (Lipinski definition) is 4. The van der Waals surface area contributed by atoms with Crippen molar-refractivity contribution in [3.63, 3.8) is 0 Å². The van der Waals surface area contributed by atoms with Crippen LogP contribution in [0.1, 0.15) is 17.5 Å². The summed E-state index contributed by atoms with van der Waals surface area (Å²) in [5.41, 5.74) is 1.57. The molecule has 0 aliphatic carbocycles. The van der Waals surface area contributed by atoms with E-state index in [0.717, 1.165) is 30.1 Å². The van der Waals surface area contributed by atoms with E-state index in [-0.39, 0.29) is 5.82 Å². The maximum absolute atomic E-state index is 13.7. The third kappa shape index (κ3) is 3.11. The highest BCUT2D eigenvalue weighted by molar-refractivity contribution is 7.14. The summed E-state index contributed by atoms with van der Waals surface area (Å²) in [5, 5.41) is 13.0. The zero-order chi connectivity index (χ0) is 13.0. The Morgan fingerprint density at radius 2 is 2.17 bits per heavy atom. The van der Waals surface area contributed by atoms with Crippen molar-refractivity contribution in [2.45, 2.75) is 20.3 Å². The molecular formula is C13H16FN3S. The van der Waals surface area contributed by atoms with Gasteiger partial charge in [-0.2, -0.15) is 0 Å². The molecule has 1 aromatic carbocycles. The molecule has 0 bridgehead atoms. The van der Waals surface area contributed by atoms with Gasteiger partial charge in [0.1, 0.15) is 10.8 Å².